The molecular weight excluding hydrogens is 374 g/mol. The summed E-state index contributed by atoms with van der Waals surface area (Å²) in [7, 11) is 2.20. The molecule has 3 atom stereocenters. The Kier molecular flexibility index (Phi) is 5.66. The van der Waals surface area contributed by atoms with Gasteiger partial charge in [-0.1, -0.05) is 43.9 Å². The summed E-state index contributed by atoms with van der Waals surface area (Å²) in [5.74, 6) is 0.163. The fourth-order valence-electron chi connectivity index (χ4n) is 5.53. The van der Waals surface area contributed by atoms with Crippen LogP contribution in [-0.2, 0) is 16.0 Å². The molecular formula is C25H33N3O2. The van der Waals surface area contributed by atoms with Gasteiger partial charge in [0.2, 0.25) is 0 Å². The molecule has 1 aromatic carbocycles. The molecule has 0 radical (unpaired) electrons. The molecule has 2 aromatic rings. The van der Waals surface area contributed by atoms with Crippen molar-refractivity contribution in [3.63, 3.8) is 0 Å². The predicted molar refractivity (Wildman–Crippen MR) is 120 cm³/mol. The maximum atomic E-state index is 12.7. The number of esters is 1. The minimum atomic E-state index is -0.143. The summed E-state index contributed by atoms with van der Waals surface area (Å²) in [6.07, 6.45) is 12.5. The lowest BCUT2D eigenvalue weighted by atomic mass is 9.80. The van der Waals surface area contributed by atoms with Gasteiger partial charge in [0.15, 0.2) is 0 Å². The quantitative estimate of drug-likeness (QED) is 0.758. The molecule has 0 spiro atoms. The molecule has 5 nitrogen and oxygen atoms in total. The van der Waals surface area contributed by atoms with Crippen LogP contribution < -0.4 is 5.32 Å². The minimum Gasteiger partial charge on any atom is -0.464 e. The molecule has 2 aliphatic heterocycles. The molecule has 2 N–H and O–H groups in total. The molecule has 0 amide bonds. The zero-order valence-electron chi connectivity index (χ0n) is 18.0. The number of hydrogen-bond donors (Lipinski definition) is 2. The Labute approximate surface area is 178 Å². The van der Waals surface area contributed by atoms with E-state index in [2.05, 4.69) is 52.7 Å². The lowest BCUT2D eigenvalue weighted by molar-refractivity contribution is -0.147. The molecule has 3 aliphatic rings. The number of fused-ring (bicyclic) bond motifs is 2. The average Bonchev–Trinajstić information content (AvgIpc) is 3.22. The first-order valence-electron chi connectivity index (χ1n) is 11.6. The van der Waals surface area contributed by atoms with Crippen molar-refractivity contribution in [3.8, 4) is 0 Å². The second-order valence-corrected chi connectivity index (χ2v) is 9.28. The molecule has 1 aliphatic carbocycles. The summed E-state index contributed by atoms with van der Waals surface area (Å²) in [5, 5.41) is 4.78. The third-order valence-electron chi connectivity index (χ3n) is 7.13. The number of hydrogen-bond acceptors (Lipinski definition) is 4. The number of ether oxygens (including phenoxy) is 1. The highest BCUT2D eigenvalue weighted by Crippen LogP contribution is 2.40. The van der Waals surface area contributed by atoms with Crippen molar-refractivity contribution in [1.82, 2.24) is 15.2 Å². The molecule has 0 bridgehead atoms. The van der Waals surface area contributed by atoms with Crippen LogP contribution in [0.2, 0.25) is 0 Å². The number of benzene rings is 1. The fraction of sp³-hybridized carbons (Fsp3) is 0.560. The summed E-state index contributed by atoms with van der Waals surface area (Å²) in [4.78, 5) is 18.6. The zero-order chi connectivity index (χ0) is 20.5. The molecule has 3 heterocycles. The monoisotopic (exact) mass is 407 g/mol. The number of rotatable bonds is 3. The van der Waals surface area contributed by atoms with Crippen LogP contribution in [0.4, 0.5) is 0 Å². The van der Waals surface area contributed by atoms with Gasteiger partial charge in [-0.25, -0.2) is 0 Å². The number of aromatic nitrogens is 1. The van der Waals surface area contributed by atoms with Gasteiger partial charge in [0.25, 0.3) is 0 Å². The fourth-order valence-corrected chi connectivity index (χ4v) is 5.53. The van der Waals surface area contributed by atoms with E-state index < -0.39 is 0 Å². The van der Waals surface area contributed by atoms with E-state index in [1.165, 1.54) is 46.9 Å². The van der Waals surface area contributed by atoms with Crippen LogP contribution in [0.1, 0.15) is 49.7 Å². The molecule has 0 unspecified atom stereocenters. The van der Waals surface area contributed by atoms with Crippen LogP contribution >= 0.6 is 0 Å². The van der Waals surface area contributed by atoms with Crippen LogP contribution in [0.5, 0.6) is 0 Å². The van der Waals surface area contributed by atoms with Gasteiger partial charge in [0.1, 0.15) is 6.04 Å². The predicted octanol–water partition coefficient (Wildman–Crippen LogP) is 3.89. The number of likely N-dealkylation sites (N-methyl/N-ethyl adjacent to an activating group) is 1. The van der Waals surface area contributed by atoms with E-state index in [0.29, 0.717) is 12.6 Å². The summed E-state index contributed by atoms with van der Waals surface area (Å²) in [6, 6.07) is 6.78. The number of carbonyl (C=O) groups excluding carboxylic acids is 1. The molecule has 5 heteroatoms. The van der Waals surface area contributed by atoms with Gasteiger partial charge in [-0.2, -0.15) is 0 Å². The molecule has 1 saturated heterocycles. The van der Waals surface area contributed by atoms with E-state index in [9.17, 15) is 4.79 Å². The van der Waals surface area contributed by atoms with E-state index in [1.807, 2.05) is 0 Å². The summed E-state index contributed by atoms with van der Waals surface area (Å²) in [5.41, 5.74) is 5.35. The van der Waals surface area contributed by atoms with Gasteiger partial charge in [-0.3, -0.25) is 9.69 Å². The average molecular weight is 408 g/mol. The standard InChI is InChI=1S/C25H33N3O2/c1-28-15-17(16-30-25(29)22-9-5-3-2-4-6-11-26-22)12-20-19-8-7-10-21-24(19)18(14-27-21)13-23(20)28/h7-8,10,12,14,17,22-23,26-27H,2-6,9,11,13,15-16H2,1H3/t17-,22-,23-/m1/s1. The first-order valence-corrected chi connectivity index (χ1v) is 11.6. The Morgan fingerprint density at radius 3 is 3.00 bits per heavy atom. The van der Waals surface area contributed by atoms with E-state index >= 15 is 0 Å². The highest BCUT2D eigenvalue weighted by Gasteiger charge is 2.34. The van der Waals surface area contributed by atoms with Crippen LogP contribution in [-0.4, -0.2) is 54.7 Å². The van der Waals surface area contributed by atoms with Crippen molar-refractivity contribution in [1.29, 1.82) is 0 Å². The second kappa shape index (κ2) is 8.56. The molecule has 30 heavy (non-hydrogen) atoms. The van der Waals surface area contributed by atoms with E-state index in [0.717, 1.165) is 38.8 Å². The first-order chi connectivity index (χ1) is 14.7. The SMILES string of the molecule is CN1C[C@H](COC(=O)[C@H]2CCCCCCCN2)C=C2c3cccc4[nH]cc(c34)C[C@H]21. The van der Waals surface area contributed by atoms with Gasteiger partial charge >= 0.3 is 5.97 Å². The normalized spacial score (nSPS) is 27.5. The zero-order valence-corrected chi connectivity index (χ0v) is 18.0. The van der Waals surface area contributed by atoms with Crippen molar-refractivity contribution in [2.75, 3.05) is 26.7 Å². The number of aromatic amines is 1. The third-order valence-corrected chi connectivity index (χ3v) is 7.13. The summed E-state index contributed by atoms with van der Waals surface area (Å²) in [6.45, 7) is 2.31. The maximum Gasteiger partial charge on any atom is 0.323 e. The highest BCUT2D eigenvalue weighted by molar-refractivity contribution is 5.98. The first kappa shape index (κ1) is 19.8. The maximum absolute atomic E-state index is 12.7. The second-order valence-electron chi connectivity index (χ2n) is 9.28. The molecule has 5 rings (SSSR count). The number of nitrogens with zero attached hydrogens (tertiary/aromatic N) is 1. The molecule has 1 fully saturated rings. The van der Waals surface area contributed by atoms with Crippen LogP contribution in [0.25, 0.3) is 16.5 Å². The van der Waals surface area contributed by atoms with Crippen LogP contribution in [0, 0.1) is 5.92 Å². The lowest BCUT2D eigenvalue weighted by Gasteiger charge is -2.39. The van der Waals surface area contributed by atoms with E-state index in [4.69, 9.17) is 4.74 Å². The van der Waals surface area contributed by atoms with Crippen molar-refractivity contribution >= 4 is 22.4 Å². The molecule has 1 aromatic heterocycles. The van der Waals surface area contributed by atoms with Gasteiger partial charge in [-0.15, -0.1) is 0 Å². The Morgan fingerprint density at radius 2 is 2.07 bits per heavy atom. The number of nitrogens with one attached hydrogen (secondary N) is 2. The van der Waals surface area contributed by atoms with Gasteiger partial charge in [0.05, 0.1) is 6.61 Å². The summed E-state index contributed by atoms with van der Waals surface area (Å²) >= 11 is 0. The van der Waals surface area contributed by atoms with Crippen molar-refractivity contribution < 1.29 is 9.53 Å². The Hall–Kier alpha value is -2.11. The molecule has 0 saturated carbocycles. The topological polar surface area (TPSA) is 57.4 Å². The summed E-state index contributed by atoms with van der Waals surface area (Å²) < 4.78 is 5.83. The van der Waals surface area contributed by atoms with Crippen molar-refractivity contribution in [3.05, 3.63) is 41.6 Å². The van der Waals surface area contributed by atoms with Crippen molar-refractivity contribution in [2.24, 2.45) is 5.92 Å². The van der Waals surface area contributed by atoms with Crippen LogP contribution in [0.3, 0.4) is 0 Å². The smallest absolute Gasteiger partial charge is 0.323 e. The van der Waals surface area contributed by atoms with Gasteiger partial charge < -0.3 is 15.0 Å². The number of H-pyrrole nitrogens is 1. The largest absolute Gasteiger partial charge is 0.464 e. The number of carbonyl (C=O) groups is 1. The highest BCUT2D eigenvalue weighted by atomic mass is 16.5. The Morgan fingerprint density at radius 1 is 1.20 bits per heavy atom. The molecule has 160 valence electrons. The van der Waals surface area contributed by atoms with E-state index in [1.54, 1.807) is 0 Å². The third kappa shape index (κ3) is 3.81. The minimum absolute atomic E-state index is 0.0706. The van der Waals surface area contributed by atoms with Crippen LogP contribution in [0.15, 0.2) is 30.5 Å². The Bertz CT molecular complexity index is 937. The Balaban J connectivity index is 1.30. The van der Waals surface area contributed by atoms with Gasteiger partial charge in [0, 0.05) is 35.6 Å². The van der Waals surface area contributed by atoms with Crippen molar-refractivity contribution in [2.45, 2.75) is 57.0 Å². The van der Waals surface area contributed by atoms with Gasteiger partial charge in [-0.05, 0) is 55.6 Å². The van der Waals surface area contributed by atoms with E-state index in [-0.39, 0.29) is 17.9 Å². The lowest BCUT2D eigenvalue weighted by Crippen LogP contribution is -2.44.